The molecule has 0 saturated heterocycles. The fourth-order valence-electron chi connectivity index (χ4n) is 6.07. The fraction of sp³-hybridized carbons (Fsp3) is 0. The first-order valence-corrected chi connectivity index (χ1v) is 14.7. The lowest BCUT2D eigenvalue weighted by Gasteiger charge is -2.34. The maximum absolute atomic E-state index is 6.50. The van der Waals surface area contributed by atoms with E-state index in [9.17, 15) is 0 Å². The topological polar surface area (TPSA) is 26.3 Å². The quantitative estimate of drug-likeness (QED) is 0.210. The van der Waals surface area contributed by atoms with Gasteiger partial charge in [-0.05, 0) is 47.9 Å². The molecule has 0 bridgehead atoms. The summed E-state index contributed by atoms with van der Waals surface area (Å²) in [5, 5.41) is 2.22. The van der Waals surface area contributed by atoms with Gasteiger partial charge in [0.1, 0.15) is 22.7 Å². The Labute approximate surface area is 234 Å². The molecular formula is C34H19BO2S2. The minimum atomic E-state index is 0.150. The largest absolute Gasteiger partial charge is 0.456 e. The highest BCUT2D eigenvalue weighted by Gasteiger charge is 2.41. The van der Waals surface area contributed by atoms with E-state index in [1.807, 2.05) is 47.8 Å². The molecule has 39 heavy (non-hydrogen) atoms. The van der Waals surface area contributed by atoms with Crippen LogP contribution in [-0.2, 0) is 0 Å². The van der Waals surface area contributed by atoms with Crippen LogP contribution in [0.4, 0.5) is 0 Å². The third-order valence-corrected chi connectivity index (χ3v) is 10.3. The van der Waals surface area contributed by atoms with Crippen LogP contribution < -0.4 is 16.4 Å². The molecule has 0 saturated carbocycles. The fourth-order valence-corrected chi connectivity index (χ4v) is 8.67. The normalized spacial score (nSPS) is 13.4. The highest BCUT2D eigenvalue weighted by atomic mass is 32.2. The van der Waals surface area contributed by atoms with E-state index >= 15 is 0 Å². The van der Waals surface area contributed by atoms with Gasteiger partial charge in [-0.25, -0.2) is 0 Å². The smallest absolute Gasteiger partial charge is 0.247 e. The summed E-state index contributed by atoms with van der Waals surface area (Å²) in [6.07, 6.45) is 0. The van der Waals surface area contributed by atoms with E-state index in [1.54, 1.807) is 0 Å². The molecule has 5 heteroatoms. The van der Waals surface area contributed by atoms with Crippen molar-refractivity contribution in [3.63, 3.8) is 0 Å². The molecule has 4 heterocycles. The number of hydrogen-bond donors (Lipinski definition) is 0. The highest BCUT2D eigenvalue weighted by Crippen LogP contribution is 2.48. The molecule has 0 amide bonds. The van der Waals surface area contributed by atoms with Crippen LogP contribution in [0.3, 0.4) is 0 Å². The van der Waals surface area contributed by atoms with Gasteiger partial charge >= 0.3 is 0 Å². The lowest BCUT2D eigenvalue weighted by molar-refractivity contribution is 0.627. The van der Waals surface area contributed by atoms with Crippen LogP contribution in [0.2, 0.25) is 0 Å². The zero-order valence-corrected chi connectivity index (χ0v) is 22.3. The van der Waals surface area contributed by atoms with Crippen molar-refractivity contribution in [2.75, 3.05) is 0 Å². The standard InChI is InChI=1S/C34H19BO2S2/c1-5-13-26-20(9-1)17-28(36-26)22-19-23(29-18-21-10-2-6-14-27(21)37-29)34-32-33(22)38-30-15-7-3-11-24(30)35(32)25-12-4-8-16-31(25)39-34/h1-19H. The summed E-state index contributed by atoms with van der Waals surface area (Å²) in [6, 6.07) is 40.9. The first kappa shape index (κ1) is 21.8. The van der Waals surface area contributed by atoms with E-state index in [1.165, 1.54) is 36.0 Å². The van der Waals surface area contributed by atoms with Gasteiger partial charge < -0.3 is 8.83 Å². The van der Waals surface area contributed by atoms with Crippen LogP contribution in [0.25, 0.3) is 44.6 Å². The van der Waals surface area contributed by atoms with Crippen molar-refractivity contribution in [1.29, 1.82) is 0 Å². The van der Waals surface area contributed by atoms with Crippen molar-refractivity contribution in [3.05, 3.63) is 115 Å². The molecule has 0 radical (unpaired) electrons. The molecule has 7 aromatic rings. The summed E-state index contributed by atoms with van der Waals surface area (Å²) < 4.78 is 13.0. The summed E-state index contributed by atoms with van der Waals surface area (Å²) in [7, 11) is 0. The molecule has 2 aromatic heterocycles. The first-order chi connectivity index (χ1) is 19.3. The Morgan fingerprint density at radius 2 is 0.949 bits per heavy atom. The zero-order valence-electron chi connectivity index (χ0n) is 20.7. The zero-order chi connectivity index (χ0) is 25.5. The third kappa shape index (κ3) is 3.21. The highest BCUT2D eigenvalue weighted by molar-refractivity contribution is 8.01. The van der Waals surface area contributed by atoms with Crippen LogP contribution in [0, 0.1) is 0 Å². The Morgan fingerprint density at radius 1 is 0.487 bits per heavy atom. The van der Waals surface area contributed by atoms with Crippen LogP contribution in [0.15, 0.2) is 144 Å². The van der Waals surface area contributed by atoms with Crippen molar-refractivity contribution >= 4 is 68.6 Å². The van der Waals surface area contributed by atoms with E-state index < -0.39 is 0 Å². The summed E-state index contributed by atoms with van der Waals surface area (Å²) in [4.78, 5) is 5.15. The molecule has 182 valence electrons. The molecule has 5 aromatic carbocycles. The second kappa shape index (κ2) is 8.22. The Balaban J connectivity index is 1.40. The lowest BCUT2D eigenvalue weighted by Crippen LogP contribution is -2.58. The van der Waals surface area contributed by atoms with Crippen LogP contribution in [0.1, 0.15) is 0 Å². The second-order valence-corrected chi connectivity index (χ2v) is 12.2. The molecule has 0 atom stereocenters. The van der Waals surface area contributed by atoms with Crippen LogP contribution in [0.5, 0.6) is 0 Å². The average molecular weight is 534 g/mol. The van der Waals surface area contributed by atoms with E-state index in [0.29, 0.717) is 0 Å². The van der Waals surface area contributed by atoms with Crippen LogP contribution >= 0.6 is 23.5 Å². The van der Waals surface area contributed by atoms with Crippen molar-refractivity contribution in [2.45, 2.75) is 19.6 Å². The van der Waals surface area contributed by atoms with E-state index in [2.05, 4.69) is 91.0 Å². The Bertz CT molecular complexity index is 1890. The van der Waals surface area contributed by atoms with E-state index in [0.717, 1.165) is 44.6 Å². The number of fused-ring (bicyclic) bond motifs is 6. The van der Waals surface area contributed by atoms with Gasteiger partial charge in [0.15, 0.2) is 0 Å². The SMILES string of the molecule is c1ccc2c(c1)Sc1c(-c3cc4ccccc4o3)cc(-c3cc4ccccc4o3)c3c1B2c1ccccc1S3. The van der Waals surface area contributed by atoms with Crippen molar-refractivity contribution in [1.82, 2.24) is 0 Å². The molecular weight excluding hydrogens is 515 g/mol. The van der Waals surface area contributed by atoms with Crippen molar-refractivity contribution < 1.29 is 8.83 Å². The predicted molar refractivity (Wildman–Crippen MR) is 163 cm³/mol. The number of furan rings is 2. The number of benzene rings is 5. The second-order valence-electron chi connectivity index (χ2n) is 10.1. The third-order valence-electron chi connectivity index (χ3n) is 7.82. The van der Waals surface area contributed by atoms with Gasteiger partial charge in [-0.15, -0.1) is 0 Å². The molecule has 0 fully saturated rings. The van der Waals surface area contributed by atoms with Crippen molar-refractivity contribution in [3.8, 4) is 22.6 Å². The van der Waals surface area contributed by atoms with Gasteiger partial charge in [0.2, 0.25) is 6.71 Å². The van der Waals surface area contributed by atoms with Gasteiger partial charge in [-0.3, -0.25) is 0 Å². The molecule has 0 aliphatic carbocycles. The summed E-state index contributed by atoms with van der Waals surface area (Å²) >= 11 is 3.72. The first-order valence-electron chi connectivity index (χ1n) is 13.0. The Kier molecular flexibility index (Phi) is 4.60. The van der Waals surface area contributed by atoms with Gasteiger partial charge in [0.05, 0.1) is 0 Å². The lowest BCUT2D eigenvalue weighted by atomic mass is 9.36. The Morgan fingerprint density at radius 3 is 1.46 bits per heavy atom. The molecule has 2 aliphatic heterocycles. The van der Waals surface area contributed by atoms with Gasteiger partial charge in [-0.2, -0.15) is 0 Å². The average Bonchev–Trinajstić information content (AvgIpc) is 3.61. The van der Waals surface area contributed by atoms with Crippen LogP contribution in [-0.4, -0.2) is 6.71 Å². The summed E-state index contributed by atoms with van der Waals surface area (Å²) in [5.41, 5.74) is 8.12. The minimum absolute atomic E-state index is 0.150. The van der Waals surface area contributed by atoms with E-state index in [-0.39, 0.29) is 6.71 Å². The molecule has 0 spiro atoms. The monoisotopic (exact) mass is 534 g/mol. The summed E-state index contributed by atoms with van der Waals surface area (Å²) in [5.74, 6) is 1.78. The predicted octanol–water partition coefficient (Wildman–Crippen LogP) is 7.96. The molecule has 2 aliphatic rings. The number of hydrogen-bond acceptors (Lipinski definition) is 4. The van der Waals surface area contributed by atoms with Crippen molar-refractivity contribution in [2.24, 2.45) is 0 Å². The molecule has 9 rings (SSSR count). The number of para-hydroxylation sites is 2. The maximum atomic E-state index is 6.50. The molecule has 0 unspecified atom stereocenters. The van der Waals surface area contributed by atoms with Gasteiger partial charge in [0, 0.05) is 41.5 Å². The Hall–Kier alpha value is -4.06. The number of rotatable bonds is 2. The maximum Gasteiger partial charge on any atom is 0.247 e. The molecule has 0 N–H and O–H groups in total. The van der Waals surface area contributed by atoms with Gasteiger partial charge in [-0.1, -0.05) is 107 Å². The molecule has 2 nitrogen and oxygen atoms in total. The van der Waals surface area contributed by atoms with E-state index in [4.69, 9.17) is 8.83 Å². The minimum Gasteiger partial charge on any atom is -0.456 e. The van der Waals surface area contributed by atoms with Gasteiger partial charge in [0.25, 0.3) is 0 Å². The summed E-state index contributed by atoms with van der Waals surface area (Å²) in [6.45, 7) is 0.150.